The largest absolute Gasteiger partial charge is 0.481 e. The van der Waals surface area contributed by atoms with Crippen molar-refractivity contribution < 1.29 is 9.53 Å². The Morgan fingerprint density at radius 2 is 1.77 bits per heavy atom. The van der Waals surface area contributed by atoms with Gasteiger partial charge in [-0.25, -0.2) is 0 Å². The molecule has 0 saturated carbocycles. The molecule has 2 rings (SSSR count). The first-order valence-electron chi connectivity index (χ1n) is 7.37. The Bertz CT molecular complexity index is 642. The summed E-state index contributed by atoms with van der Waals surface area (Å²) in [6.07, 6.45) is 0.305. The van der Waals surface area contributed by atoms with Crippen molar-refractivity contribution in [2.75, 3.05) is 0 Å². The molecule has 1 atom stereocenters. The van der Waals surface area contributed by atoms with Gasteiger partial charge in [-0.1, -0.05) is 54.9 Å². The molecule has 1 N–H and O–H groups in total. The van der Waals surface area contributed by atoms with Crippen LogP contribution in [0.25, 0.3) is 0 Å². The normalized spacial score (nSPS) is 11.8. The maximum absolute atomic E-state index is 12.2. The second kappa shape index (κ2) is 7.85. The number of para-hydroxylation sites is 1. The van der Waals surface area contributed by atoms with E-state index in [1.165, 1.54) is 0 Å². The van der Waals surface area contributed by atoms with E-state index in [9.17, 15) is 4.79 Å². The molecule has 0 unspecified atom stereocenters. The lowest BCUT2D eigenvalue weighted by molar-refractivity contribution is -0.127. The van der Waals surface area contributed by atoms with Gasteiger partial charge in [-0.05, 0) is 36.6 Å². The molecule has 0 aliphatic rings. The third-order valence-corrected chi connectivity index (χ3v) is 3.81. The van der Waals surface area contributed by atoms with Crippen molar-refractivity contribution in [3.8, 4) is 5.75 Å². The van der Waals surface area contributed by atoms with Crippen LogP contribution >= 0.6 is 11.6 Å². The van der Waals surface area contributed by atoms with Crippen molar-refractivity contribution in [1.82, 2.24) is 5.32 Å². The first kappa shape index (κ1) is 16.4. The maximum Gasteiger partial charge on any atom is 0.261 e. The average molecular weight is 318 g/mol. The summed E-state index contributed by atoms with van der Waals surface area (Å²) in [4.78, 5) is 12.2. The van der Waals surface area contributed by atoms with E-state index in [1.807, 2.05) is 42.5 Å². The first-order valence-corrected chi connectivity index (χ1v) is 7.75. The van der Waals surface area contributed by atoms with Crippen LogP contribution in [0.5, 0.6) is 5.75 Å². The van der Waals surface area contributed by atoms with Gasteiger partial charge in [0, 0.05) is 11.6 Å². The fourth-order valence-electron chi connectivity index (χ4n) is 2.12. The first-order chi connectivity index (χ1) is 10.6. The molecule has 2 aromatic carbocycles. The number of carbonyl (C=O) groups is 1. The number of halogens is 1. The highest BCUT2D eigenvalue weighted by molar-refractivity contribution is 6.31. The maximum atomic E-state index is 12.2. The predicted molar refractivity (Wildman–Crippen MR) is 89.2 cm³/mol. The van der Waals surface area contributed by atoms with Gasteiger partial charge in [0.2, 0.25) is 0 Å². The van der Waals surface area contributed by atoms with Crippen LogP contribution in [0.15, 0.2) is 48.5 Å². The van der Waals surface area contributed by atoms with Gasteiger partial charge in [-0.15, -0.1) is 0 Å². The second-order valence-corrected chi connectivity index (χ2v) is 5.44. The van der Waals surface area contributed by atoms with Crippen LogP contribution in [0, 0.1) is 0 Å². The van der Waals surface area contributed by atoms with Crippen LogP contribution < -0.4 is 10.1 Å². The number of benzene rings is 2. The number of nitrogens with one attached hydrogen (secondary N) is 1. The molecule has 1 amide bonds. The molecule has 0 spiro atoms. The molecule has 116 valence electrons. The summed E-state index contributed by atoms with van der Waals surface area (Å²) in [7, 11) is 0. The molecule has 0 aliphatic carbocycles. The van der Waals surface area contributed by atoms with Gasteiger partial charge in [0.1, 0.15) is 5.75 Å². The molecule has 0 heterocycles. The van der Waals surface area contributed by atoms with Crippen LogP contribution in [-0.2, 0) is 17.8 Å². The van der Waals surface area contributed by atoms with Crippen molar-refractivity contribution in [3.63, 3.8) is 0 Å². The zero-order chi connectivity index (χ0) is 15.9. The minimum atomic E-state index is -0.560. The lowest BCUT2D eigenvalue weighted by atomic mass is 10.1. The zero-order valence-corrected chi connectivity index (χ0v) is 13.6. The Kier molecular flexibility index (Phi) is 5.84. The summed E-state index contributed by atoms with van der Waals surface area (Å²) >= 11 is 6.07. The highest BCUT2D eigenvalue weighted by Crippen LogP contribution is 2.20. The molecular formula is C18H20ClNO2. The molecule has 0 radical (unpaired) electrons. The van der Waals surface area contributed by atoms with E-state index in [1.54, 1.807) is 13.0 Å². The Labute approximate surface area is 136 Å². The molecule has 4 heteroatoms. The summed E-state index contributed by atoms with van der Waals surface area (Å²) in [5, 5.41) is 3.49. The minimum Gasteiger partial charge on any atom is -0.481 e. The number of hydrogen-bond acceptors (Lipinski definition) is 2. The van der Waals surface area contributed by atoms with Gasteiger partial charge >= 0.3 is 0 Å². The Morgan fingerprint density at radius 1 is 1.14 bits per heavy atom. The summed E-state index contributed by atoms with van der Waals surface area (Å²) in [6, 6.07) is 15.2. The standard InChI is InChI=1S/C18H20ClNO2/c1-3-14-8-5-7-11-17(14)22-13(2)18(21)20-12-15-9-4-6-10-16(15)19/h4-11,13H,3,12H2,1-2H3,(H,20,21)/t13-/m0/s1. The van der Waals surface area contributed by atoms with E-state index in [0.29, 0.717) is 11.6 Å². The molecule has 3 nitrogen and oxygen atoms in total. The topological polar surface area (TPSA) is 38.3 Å². The molecular weight excluding hydrogens is 298 g/mol. The van der Waals surface area contributed by atoms with E-state index >= 15 is 0 Å². The average Bonchev–Trinajstić information content (AvgIpc) is 2.54. The van der Waals surface area contributed by atoms with E-state index in [4.69, 9.17) is 16.3 Å². The number of aryl methyl sites for hydroxylation is 1. The summed E-state index contributed by atoms with van der Waals surface area (Å²) in [6.45, 7) is 4.19. The lowest BCUT2D eigenvalue weighted by Crippen LogP contribution is -2.36. The Balaban J connectivity index is 1.94. The quantitative estimate of drug-likeness (QED) is 0.875. The highest BCUT2D eigenvalue weighted by Gasteiger charge is 2.15. The number of rotatable bonds is 6. The van der Waals surface area contributed by atoms with E-state index in [-0.39, 0.29) is 5.91 Å². The summed E-state index contributed by atoms with van der Waals surface area (Å²) in [5.41, 5.74) is 1.98. The van der Waals surface area contributed by atoms with Crippen molar-refractivity contribution in [2.24, 2.45) is 0 Å². The molecule has 0 fully saturated rings. The predicted octanol–water partition coefficient (Wildman–Crippen LogP) is 3.99. The van der Waals surface area contributed by atoms with Crippen molar-refractivity contribution >= 4 is 17.5 Å². The van der Waals surface area contributed by atoms with Gasteiger partial charge in [0.25, 0.3) is 5.91 Å². The van der Waals surface area contributed by atoms with Crippen LogP contribution in [0.1, 0.15) is 25.0 Å². The third-order valence-electron chi connectivity index (χ3n) is 3.44. The third kappa shape index (κ3) is 4.25. The Morgan fingerprint density at radius 3 is 2.45 bits per heavy atom. The van der Waals surface area contributed by atoms with Crippen LogP contribution in [0.3, 0.4) is 0 Å². The molecule has 0 aliphatic heterocycles. The van der Waals surface area contributed by atoms with Gasteiger partial charge < -0.3 is 10.1 Å². The summed E-state index contributed by atoms with van der Waals surface area (Å²) < 4.78 is 5.77. The Hall–Kier alpha value is -2.00. The monoisotopic (exact) mass is 317 g/mol. The van der Waals surface area contributed by atoms with E-state index in [2.05, 4.69) is 12.2 Å². The number of amides is 1. The van der Waals surface area contributed by atoms with Gasteiger partial charge in [-0.2, -0.15) is 0 Å². The molecule has 0 aromatic heterocycles. The zero-order valence-electron chi connectivity index (χ0n) is 12.8. The van der Waals surface area contributed by atoms with Crippen molar-refractivity contribution in [1.29, 1.82) is 0 Å². The minimum absolute atomic E-state index is 0.161. The molecule has 0 bridgehead atoms. The number of ether oxygens (including phenoxy) is 1. The smallest absolute Gasteiger partial charge is 0.261 e. The van der Waals surface area contributed by atoms with Crippen LogP contribution in [-0.4, -0.2) is 12.0 Å². The molecule has 0 saturated heterocycles. The second-order valence-electron chi connectivity index (χ2n) is 5.03. The number of hydrogen-bond donors (Lipinski definition) is 1. The lowest BCUT2D eigenvalue weighted by Gasteiger charge is -2.17. The highest BCUT2D eigenvalue weighted by atomic mass is 35.5. The van der Waals surface area contributed by atoms with Gasteiger partial charge in [0.15, 0.2) is 6.10 Å². The van der Waals surface area contributed by atoms with Crippen LogP contribution in [0.4, 0.5) is 0 Å². The summed E-state index contributed by atoms with van der Waals surface area (Å²) in [5.74, 6) is 0.594. The SMILES string of the molecule is CCc1ccccc1O[C@@H](C)C(=O)NCc1ccccc1Cl. The van der Waals surface area contributed by atoms with Crippen molar-refractivity contribution in [3.05, 3.63) is 64.7 Å². The molecule has 2 aromatic rings. The van der Waals surface area contributed by atoms with Crippen LogP contribution in [0.2, 0.25) is 5.02 Å². The molecule has 22 heavy (non-hydrogen) atoms. The fraction of sp³-hybridized carbons (Fsp3) is 0.278. The number of carbonyl (C=O) groups excluding carboxylic acids is 1. The van der Waals surface area contributed by atoms with E-state index < -0.39 is 6.10 Å². The van der Waals surface area contributed by atoms with E-state index in [0.717, 1.165) is 23.3 Å². The van der Waals surface area contributed by atoms with Gasteiger partial charge in [-0.3, -0.25) is 4.79 Å². The van der Waals surface area contributed by atoms with Crippen molar-refractivity contribution in [2.45, 2.75) is 32.9 Å². The fourth-order valence-corrected chi connectivity index (χ4v) is 2.33. The van der Waals surface area contributed by atoms with Gasteiger partial charge in [0.05, 0.1) is 0 Å².